The zero-order valence-corrected chi connectivity index (χ0v) is 19.9. The van der Waals surface area contributed by atoms with Gasteiger partial charge in [-0.1, -0.05) is 30.3 Å². The van der Waals surface area contributed by atoms with Gasteiger partial charge in [-0.25, -0.2) is 0 Å². The van der Waals surface area contributed by atoms with Crippen LogP contribution in [0.4, 0.5) is 0 Å². The van der Waals surface area contributed by atoms with Crippen LogP contribution in [0.1, 0.15) is 29.8 Å². The summed E-state index contributed by atoms with van der Waals surface area (Å²) in [5, 5.41) is 11.3. The molecule has 0 amide bonds. The maximum atomic E-state index is 4.49. The molecule has 0 aliphatic heterocycles. The predicted molar refractivity (Wildman–Crippen MR) is 128 cm³/mol. The highest BCUT2D eigenvalue weighted by atomic mass is 127. The molecule has 2 rings (SSSR count). The minimum atomic E-state index is 0. The van der Waals surface area contributed by atoms with E-state index in [1.54, 1.807) is 0 Å². The molecule has 0 atom stereocenters. The van der Waals surface area contributed by atoms with Crippen LogP contribution in [0, 0.1) is 13.8 Å². The maximum Gasteiger partial charge on any atom is 0.190 e. The Hall–Kier alpha value is -1.61. The van der Waals surface area contributed by atoms with Crippen LogP contribution >= 0.6 is 24.0 Å². The summed E-state index contributed by atoms with van der Waals surface area (Å²) >= 11 is 0. The fourth-order valence-electron chi connectivity index (χ4n) is 3.09. The Labute approximate surface area is 186 Å². The van der Waals surface area contributed by atoms with Crippen LogP contribution in [0.5, 0.6) is 0 Å². The lowest BCUT2D eigenvalue weighted by Crippen LogP contribution is -2.39. The number of aliphatic imine (C=N–C) groups is 1. The smallest absolute Gasteiger partial charge is 0.190 e. The molecule has 1 aromatic heterocycles. The Bertz CT molecular complexity index is 698. The van der Waals surface area contributed by atoms with Gasteiger partial charge in [0.25, 0.3) is 0 Å². The standard InChI is InChI=1S/C21H34N6.HI/c1-18-16-19(2)27(25-18)15-9-13-24-21(22-3)23-12-8-14-26(4)17-20-10-6-5-7-11-20;/h5-7,10-11,16H,8-9,12-15,17H2,1-4H3,(H2,22,23,24);1H. The fourth-order valence-corrected chi connectivity index (χ4v) is 3.09. The van der Waals surface area contributed by atoms with Gasteiger partial charge in [-0.2, -0.15) is 5.10 Å². The van der Waals surface area contributed by atoms with Crippen LogP contribution in [0.25, 0.3) is 0 Å². The van der Waals surface area contributed by atoms with E-state index in [1.807, 2.05) is 14.0 Å². The van der Waals surface area contributed by atoms with Crippen LogP contribution in [-0.2, 0) is 13.1 Å². The first-order valence-corrected chi connectivity index (χ1v) is 9.76. The molecular weight excluding hydrogens is 463 g/mol. The van der Waals surface area contributed by atoms with Crippen molar-refractivity contribution in [3.05, 3.63) is 53.3 Å². The van der Waals surface area contributed by atoms with E-state index in [9.17, 15) is 0 Å². The lowest BCUT2D eigenvalue weighted by Gasteiger charge is -2.17. The first-order valence-electron chi connectivity index (χ1n) is 9.76. The van der Waals surface area contributed by atoms with Crippen molar-refractivity contribution in [2.45, 2.75) is 39.8 Å². The van der Waals surface area contributed by atoms with Crippen molar-refractivity contribution in [2.24, 2.45) is 4.99 Å². The van der Waals surface area contributed by atoms with E-state index < -0.39 is 0 Å². The van der Waals surface area contributed by atoms with Crippen molar-refractivity contribution in [1.82, 2.24) is 25.3 Å². The monoisotopic (exact) mass is 498 g/mol. The number of halogens is 1. The minimum Gasteiger partial charge on any atom is -0.356 e. The number of aryl methyl sites for hydroxylation is 3. The fraction of sp³-hybridized carbons (Fsp3) is 0.524. The highest BCUT2D eigenvalue weighted by molar-refractivity contribution is 14.0. The highest BCUT2D eigenvalue weighted by Crippen LogP contribution is 2.03. The third kappa shape index (κ3) is 9.05. The largest absolute Gasteiger partial charge is 0.356 e. The molecule has 0 fully saturated rings. The Balaban J connectivity index is 0.00000392. The summed E-state index contributed by atoms with van der Waals surface area (Å²) in [6, 6.07) is 12.7. The van der Waals surface area contributed by atoms with Gasteiger partial charge in [0, 0.05) is 38.9 Å². The summed E-state index contributed by atoms with van der Waals surface area (Å²) in [4.78, 5) is 6.65. The first-order chi connectivity index (χ1) is 13.1. The summed E-state index contributed by atoms with van der Waals surface area (Å²) < 4.78 is 2.07. The molecule has 1 heterocycles. The van der Waals surface area contributed by atoms with Crippen LogP contribution in [0.15, 0.2) is 41.4 Å². The molecule has 28 heavy (non-hydrogen) atoms. The first kappa shape index (κ1) is 24.4. The van der Waals surface area contributed by atoms with E-state index in [4.69, 9.17) is 0 Å². The van der Waals surface area contributed by atoms with E-state index in [1.165, 1.54) is 11.3 Å². The normalized spacial score (nSPS) is 11.4. The van der Waals surface area contributed by atoms with Gasteiger partial charge >= 0.3 is 0 Å². The molecule has 0 aliphatic carbocycles. The summed E-state index contributed by atoms with van der Waals surface area (Å²) in [5.41, 5.74) is 3.65. The SMILES string of the molecule is CN=C(NCCCN(C)Cc1ccccc1)NCCCn1nc(C)cc1C.I. The number of benzene rings is 1. The second kappa shape index (κ2) is 13.5. The number of hydrogen-bond acceptors (Lipinski definition) is 3. The average molecular weight is 498 g/mol. The average Bonchev–Trinajstić information content (AvgIpc) is 2.98. The summed E-state index contributed by atoms with van der Waals surface area (Å²) in [5.74, 6) is 0.870. The van der Waals surface area contributed by atoms with Gasteiger partial charge in [0.2, 0.25) is 0 Å². The zero-order chi connectivity index (χ0) is 19.5. The Morgan fingerprint density at radius 3 is 2.39 bits per heavy atom. The van der Waals surface area contributed by atoms with E-state index in [0.29, 0.717) is 0 Å². The van der Waals surface area contributed by atoms with Gasteiger partial charge in [0.1, 0.15) is 0 Å². The number of rotatable bonds is 10. The molecule has 2 aromatic rings. The second-order valence-electron chi connectivity index (χ2n) is 7.01. The van der Waals surface area contributed by atoms with Crippen LogP contribution in [0.3, 0.4) is 0 Å². The molecule has 156 valence electrons. The molecule has 0 saturated carbocycles. The number of hydrogen-bond donors (Lipinski definition) is 2. The quantitative estimate of drug-likeness (QED) is 0.229. The van der Waals surface area contributed by atoms with Gasteiger partial charge < -0.3 is 15.5 Å². The maximum absolute atomic E-state index is 4.49. The van der Waals surface area contributed by atoms with Gasteiger partial charge in [0.15, 0.2) is 5.96 Å². The number of nitrogens with zero attached hydrogens (tertiary/aromatic N) is 4. The molecule has 0 saturated heterocycles. The summed E-state index contributed by atoms with van der Waals surface area (Å²) in [7, 11) is 3.98. The molecule has 7 heteroatoms. The van der Waals surface area contributed by atoms with Crippen molar-refractivity contribution in [1.29, 1.82) is 0 Å². The lowest BCUT2D eigenvalue weighted by atomic mass is 10.2. The minimum absolute atomic E-state index is 0. The molecule has 0 spiro atoms. The Morgan fingerprint density at radius 2 is 1.79 bits per heavy atom. The summed E-state index contributed by atoms with van der Waals surface area (Å²) in [6.45, 7) is 8.89. The number of nitrogens with one attached hydrogen (secondary N) is 2. The molecule has 6 nitrogen and oxygen atoms in total. The van der Waals surface area contributed by atoms with Gasteiger partial charge in [-0.15, -0.1) is 24.0 Å². The van der Waals surface area contributed by atoms with Crippen molar-refractivity contribution >= 4 is 29.9 Å². The number of guanidine groups is 1. The number of aromatic nitrogens is 2. The molecule has 1 aromatic carbocycles. The molecule has 0 unspecified atom stereocenters. The topological polar surface area (TPSA) is 57.5 Å². The van der Waals surface area contributed by atoms with Crippen molar-refractivity contribution in [3.8, 4) is 0 Å². The Kier molecular flexibility index (Phi) is 11.8. The predicted octanol–water partition coefficient (Wildman–Crippen LogP) is 3.20. The van der Waals surface area contributed by atoms with E-state index >= 15 is 0 Å². The Morgan fingerprint density at radius 1 is 1.11 bits per heavy atom. The molecule has 2 N–H and O–H groups in total. The molecule has 0 aliphatic rings. The van der Waals surface area contributed by atoms with E-state index in [-0.39, 0.29) is 24.0 Å². The second-order valence-corrected chi connectivity index (χ2v) is 7.01. The third-order valence-electron chi connectivity index (χ3n) is 4.47. The van der Waals surface area contributed by atoms with E-state index in [2.05, 4.69) is 80.7 Å². The van der Waals surface area contributed by atoms with Crippen molar-refractivity contribution < 1.29 is 0 Å². The van der Waals surface area contributed by atoms with Crippen molar-refractivity contribution in [3.63, 3.8) is 0 Å². The lowest BCUT2D eigenvalue weighted by molar-refractivity contribution is 0.322. The zero-order valence-electron chi connectivity index (χ0n) is 17.6. The highest BCUT2D eigenvalue weighted by Gasteiger charge is 2.02. The van der Waals surface area contributed by atoms with Crippen LogP contribution in [-0.4, -0.2) is 54.4 Å². The molecule has 0 bridgehead atoms. The van der Waals surface area contributed by atoms with Crippen molar-refractivity contribution in [2.75, 3.05) is 33.7 Å². The van der Waals surface area contributed by atoms with Crippen LogP contribution < -0.4 is 10.6 Å². The molecule has 0 radical (unpaired) electrons. The van der Waals surface area contributed by atoms with Gasteiger partial charge in [0.05, 0.1) is 5.69 Å². The summed E-state index contributed by atoms with van der Waals surface area (Å²) in [6.07, 6.45) is 2.10. The molecular formula is C21H35IN6. The van der Waals surface area contributed by atoms with Gasteiger partial charge in [-0.05, 0) is 51.9 Å². The third-order valence-corrected chi connectivity index (χ3v) is 4.47. The van der Waals surface area contributed by atoms with Gasteiger partial charge in [-0.3, -0.25) is 9.67 Å². The van der Waals surface area contributed by atoms with E-state index in [0.717, 1.165) is 57.2 Å². The van der Waals surface area contributed by atoms with Crippen LogP contribution in [0.2, 0.25) is 0 Å².